The highest BCUT2D eigenvalue weighted by Gasteiger charge is 2.19. The van der Waals surface area contributed by atoms with Crippen LogP contribution in [0.5, 0.6) is 0 Å². The molecule has 0 fully saturated rings. The van der Waals surface area contributed by atoms with Gasteiger partial charge < -0.3 is 10.5 Å². The van der Waals surface area contributed by atoms with E-state index in [-0.39, 0.29) is 0 Å². The number of halogens is 1. The Balaban J connectivity index is 3.03. The Morgan fingerprint density at radius 3 is 2.48 bits per heavy atom. The average Bonchev–Trinajstić information content (AvgIpc) is 2.59. The first-order valence-electron chi connectivity index (χ1n) is 7.79. The van der Waals surface area contributed by atoms with Crippen LogP contribution in [0.25, 0.3) is 5.57 Å². The lowest BCUT2D eigenvalue weighted by Gasteiger charge is -2.21. The van der Waals surface area contributed by atoms with Crippen molar-refractivity contribution in [2.75, 3.05) is 13.8 Å². The summed E-state index contributed by atoms with van der Waals surface area (Å²) in [5.74, 6) is 0. The van der Waals surface area contributed by atoms with E-state index >= 15 is 0 Å². The van der Waals surface area contributed by atoms with Crippen molar-refractivity contribution >= 4 is 5.57 Å². The lowest BCUT2D eigenvalue weighted by atomic mass is 9.96. The van der Waals surface area contributed by atoms with Crippen LogP contribution in [-0.4, -0.2) is 25.0 Å². The number of benzene rings is 1. The van der Waals surface area contributed by atoms with E-state index in [4.69, 9.17) is 15.7 Å². The number of hydroxylamine groups is 1. The van der Waals surface area contributed by atoms with Crippen LogP contribution in [0.15, 0.2) is 42.1 Å². The van der Waals surface area contributed by atoms with Gasteiger partial charge in [-0.2, -0.15) is 0 Å². The van der Waals surface area contributed by atoms with Gasteiger partial charge in [0.2, 0.25) is 0 Å². The van der Waals surface area contributed by atoms with E-state index in [2.05, 4.69) is 12.4 Å². The van der Waals surface area contributed by atoms with Crippen LogP contribution in [-0.2, 0) is 4.74 Å². The average molecular weight is 322 g/mol. The van der Waals surface area contributed by atoms with Crippen LogP contribution >= 0.6 is 0 Å². The van der Waals surface area contributed by atoms with E-state index in [0.717, 1.165) is 29.5 Å². The third-order valence-electron chi connectivity index (χ3n) is 3.66. The molecule has 1 aromatic rings. The summed E-state index contributed by atoms with van der Waals surface area (Å²) < 4.78 is 18.1. The van der Waals surface area contributed by atoms with Crippen LogP contribution in [0, 0.1) is 0 Å². The van der Waals surface area contributed by atoms with E-state index < -0.39 is 18.8 Å². The molecular formula is C18H27FN2O2. The van der Waals surface area contributed by atoms with Gasteiger partial charge in [0, 0.05) is 12.8 Å². The van der Waals surface area contributed by atoms with Crippen LogP contribution < -0.4 is 11.2 Å². The number of ether oxygens (including phenoxy) is 1. The van der Waals surface area contributed by atoms with Gasteiger partial charge in [0.15, 0.2) is 0 Å². The number of rotatable bonds is 9. The van der Waals surface area contributed by atoms with Crippen LogP contribution in [0.1, 0.15) is 43.9 Å². The molecule has 4 N–H and O–H groups in total. The Kier molecular flexibility index (Phi) is 8.55. The van der Waals surface area contributed by atoms with Gasteiger partial charge in [-0.25, -0.2) is 4.39 Å². The lowest BCUT2D eigenvalue weighted by molar-refractivity contribution is 0.0721. The third kappa shape index (κ3) is 5.78. The molecule has 23 heavy (non-hydrogen) atoms. The molecule has 0 saturated heterocycles. The molecule has 0 aromatic heterocycles. The molecule has 0 bridgehead atoms. The zero-order valence-electron chi connectivity index (χ0n) is 14.1. The zero-order chi connectivity index (χ0) is 17.2. The van der Waals surface area contributed by atoms with Gasteiger partial charge in [-0.3, -0.25) is 10.7 Å². The summed E-state index contributed by atoms with van der Waals surface area (Å²) in [4.78, 5) is 0. The van der Waals surface area contributed by atoms with Crippen molar-refractivity contribution < 1.29 is 14.3 Å². The predicted octanol–water partition coefficient (Wildman–Crippen LogP) is 3.74. The molecule has 0 radical (unpaired) electrons. The molecule has 1 rings (SSSR count). The molecule has 2 unspecified atom stereocenters. The maximum atomic E-state index is 12.8. The van der Waals surface area contributed by atoms with Crippen molar-refractivity contribution in [3.8, 4) is 0 Å². The number of nitrogens with one attached hydrogen (secondary N) is 1. The first-order valence-corrected chi connectivity index (χ1v) is 7.79. The SMILES string of the molecule is CCC/C(=C\C=C(\C)NO)c1ccc(C(OC)C(N)CF)cc1. The summed E-state index contributed by atoms with van der Waals surface area (Å²) >= 11 is 0. The largest absolute Gasteiger partial charge is 0.375 e. The van der Waals surface area contributed by atoms with Crippen molar-refractivity contribution in [3.63, 3.8) is 0 Å². The number of allylic oxidation sites excluding steroid dienone is 4. The minimum atomic E-state index is -0.669. The van der Waals surface area contributed by atoms with Crippen molar-refractivity contribution in [2.24, 2.45) is 5.73 Å². The Hall–Kier alpha value is -1.69. The van der Waals surface area contributed by atoms with Gasteiger partial charge in [0.25, 0.3) is 0 Å². The number of methoxy groups -OCH3 is 1. The second kappa shape index (κ2) is 10.2. The molecule has 4 nitrogen and oxygen atoms in total. The lowest BCUT2D eigenvalue weighted by Crippen LogP contribution is -2.31. The predicted molar refractivity (Wildman–Crippen MR) is 91.7 cm³/mol. The summed E-state index contributed by atoms with van der Waals surface area (Å²) in [6.07, 6.45) is 5.30. The summed E-state index contributed by atoms with van der Waals surface area (Å²) in [7, 11) is 1.53. The van der Waals surface area contributed by atoms with E-state index in [1.807, 2.05) is 36.4 Å². The molecule has 0 saturated carbocycles. The Labute approximate surface area is 137 Å². The number of hydrogen-bond donors (Lipinski definition) is 3. The molecule has 0 aliphatic carbocycles. The first-order chi connectivity index (χ1) is 11.1. The van der Waals surface area contributed by atoms with E-state index in [0.29, 0.717) is 5.70 Å². The van der Waals surface area contributed by atoms with Gasteiger partial charge in [-0.1, -0.05) is 43.7 Å². The summed E-state index contributed by atoms with van der Waals surface area (Å²) in [6.45, 7) is 3.27. The molecular weight excluding hydrogens is 295 g/mol. The molecule has 0 spiro atoms. The molecule has 0 heterocycles. The number of alkyl halides is 1. The van der Waals surface area contributed by atoms with Crippen LogP contribution in [0.2, 0.25) is 0 Å². The van der Waals surface area contributed by atoms with E-state index in [1.54, 1.807) is 6.92 Å². The minimum absolute atomic E-state index is 0.451. The second-order valence-electron chi connectivity index (χ2n) is 5.50. The topological polar surface area (TPSA) is 67.5 Å². The van der Waals surface area contributed by atoms with Gasteiger partial charge in [-0.15, -0.1) is 0 Å². The quantitative estimate of drug-likeness (QED) is 0.478. The summed E-state index contributed by atoms with van der Waals surface area (Å²) in [6, 6.07) is 7.15. The number of hydrogen-bond acceptors (Lipinski definition) is 4. The monoisotopic (exact) mass is 322 g/mol. The highest BCUT2D eigenvalue weighted by atomic mass is 19.1. The second-order valence-corrected chi connectivity index (χ2v) is 5.50. The first kappa shape index (κ1) is 19.4. The standard InChI is InChI=1S/C18H27FN2O2/c1-4-5-14(7-6-13(2)21-22)15-8-10-16(11-9-15)18(23-3)17(20)12-19/h6-11,17-18,21-22H,4-5,12,20H2,1-3H3/b13-6-,14-7+. The molecule has 128 valence electrons. The zero-order valence-corrected chi connectivity index (χ0v) is 14.1. The highest BCUT2D eigenvalue weighted by Crippen LogP contribution is 2.25. The van der Waals surface area contributed by atoms with E-state index in [1.165, 1.54) is 7.11 Å². The maximum Gasteiger partial charge on any atom is 0.107 e. The molecule has 5 heteroatoms. The normalized spacial score (nSPS) is 15.4. The fraction of sp³-hybridized carbons (Fsp3) is 0.444. The minimum Gasteiger partial charge on any atom is -0.375 e. The molecule has 1 aromatic carbocycles. The summed E-state index contributed by atoms with van der Waals surface area (Å²) in [5, 5.41) is 8.84. The number of nitrogens with two attached hydrogens (primary N) is 1. The van der Waals surface area contributed by atoms with Crippen molar-refractivity contribution in [3.05, 3.63) is 53.2 Å². The van der Waals surface area contributed by atoms with Crippen molar-refractivity contribution in [2.45, 2.75) is 38.8 Å². The van der Waals surface area contributed by atoms with E-state index in [9.17, 15) is 4.39 Å². The van der Waals surface area contributed by atoms with Gasteiger partial charge in [0.1, 0.15) is 6.67 Å². The van der Waals surface area contributed by atoms with Gasteiger partial charge in [0.05, 0.1) is 12.1 Å². The van der Waals surface area contributed by atoms with Gasteiger partial charge >= 0.3 is 0 Å². The fourth-order valence-electron chi connectivity index (χ4n) is 2.38. The fourth-order valence-corrected chi connectivity index (χ4v) is 2.38. The Morgan fingerprint density at radius 1 is 1.35 bits per heavy atom. The molecule has 0 amide bonds. The van der Waals surface area contributed by atoms with Crippen molar-refractivity contribution in [1.82, 2.24) is 5.48 Å². The summed E-state index contributed by atoms with van der Waals surface area (Å²) in [5.41, 5.74) is 11.6. The molecule has 2 atom stereocenters. The molecule has 0 aliphatic rings. The Bertz CT molecular complexity index is 526. The van der Waals surface area contributed by atoms with Crippen LogP contribution in [0.3, 0.4) is 0 Å². The third-order valence-corrected chi connectivity index (χ3v) is 3.66. The maximum absolute atomic E-state index is 12.8. The molecule has 0 aliphatic heterocycles. The van der Waals surface area contributed by atoms with Gasteiger partial charge in [-0.05, 0) is 36.1 Å². The Morgan fingerprint density at radius 2 is 2.00 bits per heavy atom. The highest BCUT2D eigenvalue weighted by molar-refractivity contribution is 5.67. The van der Waals surface area contributed by atoms with Crippen molar-refractivity contribution in [1.29, 1.82) is 0 Å². The van der Waals surface area contributed by atoms with Crippen LogP contribution in [0.4, 0.5) is 4.39 Å². The smallest absolute Gasteiger partial charge is 0.107 e.